The number of H-pyrrole nitrogens is 1. The molecule has 2 amide bonds. The fourth-order valence-corrected chi connectivity index (χ4v) is 6.81. The number of thiophene rings is 1. The Balaban J connectivity index is 1.33. The number of aromatic amines is 1. The van der Waals surface area contributed by atoms with Crippen LogP contribution in [0.5, 0.6) is 0 Å². The summed E-state index contributed by atoms with van der Waals surface area (Å²) in [6, 6.07) is 7.35. The molecule has 0 aliphatic carbocycles. The number of benzene rings is 1. The first kappa shape index (κ1) is 28.9. The van der Waals surface area contributed by atoms with E-state index in [2.05, 4.69) is 35.6 Å². The number of rotatable bonds is 11. The number of likely N-dealkylation sites (N-methyl/N-ethyl adjacent to an activating group) is 1. The van der Waals surface area contributed by atoms with Crippen molar-refractivity contribution in [1.82, 2.24) is 14.8 Å². The SMILES string of the molecule is Cc1ccsc1C[C@H](C)Nc1cc[nH]c(=O)c1C1=Nc2cc3c(cc2C1)C(=O)N(CCN(C)CCS(C)(=O)=O)C3=O. The van der Waals surface area contributed by atoms with E-state index in [0.29, 0.717) is 47.7 Å². The molecule has 5 rings (SSSR count). The average Bonchev–Trinajstić information content (AvgIpc) is 3.56. The molecule has 2 aliphatic rings. The molecule has 0 unspecified atom stereocenters. The van der Waals surface area contributed by atoms with E-state index in [1.165, 1.54) is 21.6 Å². The van der Waals surface area contributed by atoms with Gasteiger partial charge in [-0.3, -0.25) is 24.3 Å². The number of imide groups is 1. The first-order chi connectivity index (χ1) is 19.4. The van der Waals surface area contributed by atoms with E-state index in [-0.39, 0.29) is 35.4 Å². The number of carbonyl (C=O) groups excluding carboxylic acids is 2. The number of nitrogens with one attached hydrogen (secondary N) is 2. The molecular weight excluding hydrogens is 562 g/mol. The van der Waals surface area contributed by atoms with Gasteiger partial charge in [0.2, 0.25) is 0 Å². The van der Waals surface area contributed by atoms with Crippen molar-refractivity contribution in [1.29, 1.82) is 0 Å². The third kappa shape index (κ3) is 6.19. The standard InChI is InChI=1S/C29H33N5O5S2/c1-17-6-11-40-25(17)13-18(2)31-22-5-7-30-27(35)26(22)24-15-19-14-20-21(16-23(19)32-24)29(37)34(28(20)36)9-8-33(3)10-12-41(4,38)39/h5-7,11,14,16,18H,8-10,12-13,15H2,1-4H3,(H2,30,31,35)/t18-/m0/s1. The minimum Gasteiger partial charge on any atom is -0.381 e. The Morgan fingerprint density at radius 2 is 1.88 bits per heavy atom. The number of anilines is 1. The second-order valence-corrected chi connectivity index (χ2v) is 14.1. The highest BCUT2D eigenvalue weighted by Crippen LogP contribution is 2.36. The number of aromatic nitrogens is 1. The van der Waals surface area contributed by atoms with Crippen LogP contribution in [-0.2, 0) is 22.7 Å². The molecule has 12 heteroatoms. The van der Waals surface area contributed by atoms with Crippen molar-refractivity contribution in [3.8, 4) is 0 Å². The van der Waals surface area contributed by atoms with Crippen LogP contribution in [0.25, 0.3) is 0 Å². The zero-order chi connectivity index (χ0) is 29.5. The van der Waals surface area contributed by atoms with Crippen molar-refractivity contribution in [2.45, 2.75) is 32.7 Å². The summed E-state index contributed by atoms with van der Waals surface area (Å²) in [5.41, 5.74) is 4.68. The molecule has 1 atom stereocenters. The van der Waals surface area contributed by atoms with Crippen LogP contribution in [0, 0.1) is 6.92 Å². The summed E-state index contributed by atoms with van der Waals surface area (Å²) < 4.78 is 22.9. The summed E-state index contributed by atoms with van der Waals surface area (Å²) in [5, 5.41) is 5.56. The van der Waals surface area contributed by atoms with Crippen molar-refractivity contribution in [2.24, 2.45) is 4.99 Å². The first-order valence-electron chi connectivity index (χ1n) is 13.4. The first-order valence-corrected chi connectivity index (χ1v) is 16.3. The van der Waals surface area contributed by atoms with E-state index < -0.39 is 15.7 Å². The fraction of sp³-hybridized carbons (Fsp3) is 0.379. The Bertz CT molecular complexity index is 1720. The van der Waals surface area contributed by atoms with E-state index in [1.807, 2.05) is 6.07 Å². The third-order valence-electron chi connectivity index (χ3n) is 7.44. The quantitative estimate of drug-likeness (QED) is 0.326. The number of hydrogen-bond acceptors (Lipinski definition) is 9. The minimum atomic E-state index is -3.10. The number of hydrogen-bond donors (Lipinski definition) is 2. The molecule has 216 valence electrons. The van der Waals surface area contributed by atoms with Crippen molar-refractivity contribution in [3.05, 3.63) is 78.9 Å². The van der Waals surface area contributed by atoms with E-state index in [0.717, 1.165) is 12.0 Å². The minimum absolute atomic E-state index is 0.00732. The Labute approximate surface area is 243 Å². The van der Waals surface area contributed by atoms with Crippen LogP contribution < -0.4 is 10.9 Å². The van der Waals surface area contributed by atoms with Gasteiger partial charge < -0.3 is 15.2 Å². The number of fused-ring (bicyclic) bond motifs is 2. The molecule has 2 aromatic heterocycles. The number of sulfone groups is 1. The zero-order valence-corrected chi connectivity index (χ0v) is 25.1. The lowest BCUT2D eigenvalue weighted by molar-refractivity contribution is 0.0642. The summed E-state index contributed by atoms with van der Waals surface area (Å²) in [7, 11) is -1.35. The normalized spacial score (nSPS) is 15.3. The number of nitrogens with zero attached hydrogens (tertiary/aromatic N) is 3. The van der Waals surface area contributed by atoms with Gasteiger partial charge in [-0.2, -0.15) is 0 Å². The highest BCUT2D eigenvalue weighted by Gasteiger charge is 2.37. The predicted molar refractivity (Wildman–Crippen MR) is 162 cm³/mol. The maximum atomic E-state index is 13.2. The molecule has 10 nitrogen and oxygen atoms in total. The molecule has 4 heterocycles. The van der Waals surface area contributed by atoms with Crippen molar-refractivity contribution in [2.75, 3.05) is 44.0 Å². The van der Waals surface area contributed by atoms with Gasteiger partial charge in [0.25, 0.3) is 17.4 Å². The summed E-state index contributed by atoms with van der Waals surface area (Å²) in [6.45, 7) is 5.00. The second-order valence-electron chi connectivity index (χ2n) is 10.8. The number of amides is 2. The van der Waals surface area contributed by atoms with E-state index >= 15 is 0 Å². The summed E-state index contributed by atoms with van der Waals surface area (Å²) in [4.78, 5) is 51.1. The second kappa shape index (κ2) is 11.3. The van der Waals surface area contributed by atoms with Gasteiger partial charge >= 0.3 is 0 Å². The zero-order valence-electron chi connectivity index (χ0n) is 23.5. The molecule has 0 fully saturated rings. The highest BCUT2D eigenvalue weighted by molar-refractivity contribution is 7.90. The molecule has 2 aliphatic heterocycles. The smallest absolute Gasteiger partial charge is 0.261 e. The third-order valence-corrected chi connectivity index (χ3v) is 9.41. The fourth-order valence-electron chi connectivity index (χ4n) is 5.13. The molecule has 0 spiro atoms. The molecule has 0 radical (unpaired) electrons. The average molecular weight is 596 g/mol. The van der Waals surface area contributed by atoms with Gasteiger partial charge in [-0.05, 0) is 61.7 Å². The van der Waals surface area contributed by atoms with Crippen LogP contribution in [-0.4, -0.2) is 85.5 Å². The predicted octanol–water partition coefficient (Wildman–Crippen LogP) is 3.04. The van der Waals surface area contributed by atoms with E-state index in [1.54, 1.807) is 41.6 Å². The monoisotopic (exact) mass is 595 g/mol. The van der Waals surface area contributed by atoms with Crippen LogP contribution in [0.15, 0.2) is 45.6 Å². The Hall–Kier alpha value is -3.61. The Morgan fingerprint density at radius 3 is 2.56 bits per heavy atom. The lowest BCUT2D eigenvalue weighted by Crippen LogP contribution is -2.38. The van der Waals surface area contributed by atoms with Crippen LogP contribution >= 0.6 is 11.3 Å². The molecular formula is C29H33N5O5S2. The lowest BCUT2D eigenvalue weighted by atomic mass is 10.00. The van der Waals surface area contributed by atoms with Gasteiger partial charge in [0.15, 0.2) is 0 Å². The van der Waals surface area contributed by atoms with Crippen LogP contribution in [0.1, 0.15) is 49.2 Å². The largest absolute Gasteiger partial charge is 0.381 e. The van der Waals surface area contributed by atoms with Gasteiger partial charge in [0.1, 0.15) is 9.84 Å². The molecule has 0 bridgehead atoms. The maximum absolute atomic E-state index is 13.2. The molecule has 41 heavy (non-hydrogen) atoms. The number of aryl methyl sites for hydroxylation is 1. The summed E-state index contributed by atoms with van der Waals surface area (Å²) in [5.74, 6) is -0.770. The van der Waals surface area contributed by atoms with Gasteiger partial charge in [-0.1, -0.05) is 0 Å². The van der Waals surface area contributed by atoms with Crippen molar-refractivity contribution >= 4 is 50.1 Å². The van der Waals surface area contributed by atoms with Gasteiger partial charge in [0.05, 0.1) is 39.5 Å². The van der Waals surface area contributed by atoms with E-state index in [4.69, 9.17) is 4.99 Å². The summed E-state index contributed by atoms with van der Waals surface area (Å²) >= 11 is 1.72. The van der Waals surface area contributed by atoms with Gasteiger partial charge in [0, 0.05) is 55.8 Å². The molecule has 0 saturated carbocycles. The highest BCUT2D eigenvalue weighted by atomic mass is 32.2. The Morgan fingerprint density at radius 1 is 1.15 bits per heavy atom. The van der Waals surface area contributed by atoms with Crippen LogP contribution in [0.3, 0.4) is 0 Å². The van der Waals surface area contributed by atoms with Crippen molar-refractivity contribution in [3.63, 3.8) is 0 Å². The number of carbonyl (C=O) groups is 2. The van der Waals surface area contributed by atoms with Crippen LogP contribution in [0.4, 0.5) is 11.4 Å². The molecule has 1 aromatic carbocycles. The molecule has 0 saturated heterocycles. The maximum Gasteiger partial charge on any atom is 0.261 e. The van der Waals surface area contributed by atoms with Crippen LogP contribution in [0.2, 0.25) is 0 Å². The topological polar surface area (TPSA) is 132 Å². The number of aliphatic imine (C=N–C) groups is 1. The van der Waals surface area contributed by atoms with E-state index in [9.17, 15) is 22.8 Å². The van der Waals surface area contributed by atoms with Gasteiger partial charge in [-0.25, -0.2) is 8.42 Å². The number of pyridine rings is 1. The lowest BCUT2D eigenvalue weighted by Gasteiger charge is -2.20. The van der Waals surface area contributed by atoms with Gasteiger partial charge in [-0.15, -0.1) is 11.3 Å². The van der Waals surface area contributed by atoms with Crippen molar-refractivity contribution < 1.29 is 18.0 Å². The summed E-state index contributed by atoms with van der Waals surface area (Å²) in [6.07, 6.45) is 3.97. The Kier molecular flexibility index (Phi) is 8.00. The molecule has 2 N–H and O–H groups in total. The molecule has 3 aromatic rings.